The molecule has 1 aromatic rings. The molecule has 2 atom stereocenters. The highest BCUT2D eigenvalue weighted by Gasteiger charge is 2.30. The molecule has 4 heteroatoms. The van der Waals surface area contributed by atoms with E-state index in [9.17, 15) is 4.39 Å². The highest BCUT2D eigenvalue weighted by atomic mass is 19.1. The van der Waals surface area contributed by atoms with E-state index in [0.717, 1.165) is 32.0 Å². The minimum Gasteiger partial charge on any atom is -0.357 e. The predicted octanol–water partition coefficient (Wildman–Crippen LogP) is 3.83. The molecule has 0 radical (unpaired) electrons. The lowest BCUT2D eigenvalue weighted by Gasteiger charge is -2.40. The number of aliphatic imine (C=N–C) groups is 1. The van der Waals surface area contributed by atoms with Crippen LogP contribution in [-0.4, -0.2) is 43.7 Å². The quantitative estimate of drug-likeness (QED) is 0.490. The van der Waals surface area contributed by atoms with Crippen LogP contribution in [-0.2, 0) is 0 Å². The number of rotatable bonds is 6. The van der Waals surface area contributed by atoms with E-state index in [1.54, 1.807) is 0 Å². The zero-order chi connectivity index (χ0) is 16.5. The van der Waals surface area contributed by atoms with Crippen LogP contribution in [0.25, 0.3) is 0 Å². The smallest absolute Gasteiger partial charge is 0.193 e. The van der Waals surface area contributed by atoms with Gasteiger partial charge >= 0.3 is 0 Å². The monoisotopic (exact) mass is 319 g/mol. The Bertz CT molecular complexity index is 475. The third kappa shape index (κ3) is 4.95. The van der Waals surface area contributed by atoms with Gasteiger partial charge < -0.3 is 10.2 Å². The van der Waals surface area contributed by atoms with Gasteiger partial charge in [-0.1, -0.05) is 43.7 Å². The van der Waals surface area contributed by atoms with E-state index in [-0.39, 0.29) is 6.67 Å². The topological polar surface area (TPSA) is 27.6 Å². The Balaban J connectivity index is 2.05. The van der Waals surface area contributed by atoms with Crippen LogP contribution in [0.4, 0.5) is 4.39 Å². The summed E-state index contributed by atoms with van der Waals surface area (Å²) in [5.74, 6) is 2.22. The van der Waals surface area contributed by atoms with Crippen molar-refractivity contribution in [3.63, 3.8) is 0 Å². The van der Waals surface area contributed by atoms with Crippen LogP contribution in [0.2, 0.25) is 0 Å². The van der Waals surface area contributed by atoms with Gasteiger partial charge in [-0.3, -0.25) is 9.38 Å². The molecule has 0 aromatic heterocycles. The van der Waals surface area contributed by atoms with E-state index >= 15 is 0 Å². The Kier molecular flexibility index (Phi) is 7.37. The molecule has 1 aliphatic rings. The summed E-state index contributed by atoms with van der Waals surface area (Å²) >= 11 is 0. The minimum atomic E-state index is -0.295. The first-order valence-electron chi connectivity index (χ1n) is 8.94. The van der Waals surface area contributed by atoms with Crippen LogP contribution in [0.3, 0.4) is 0 Å². The van der Waals surface area contributed by atoms with Gasteiger partial charge in [-0.2, -0.15) is 0 Å². The van der Waals surface area contributed by atoms with Crippen LogP contribution in [0.5, 0.6) is 0 Å². The maximum atomic E-state index is 12.3. The van der Waals surface area contributed by atoms with E-state index in [4.69, 9.17) is 0 Å². The number of alkyl halides is 1. The molecule has 0 aliphatic carbocycles. The van der Waals surface area contributed by atoms with Crippen molar-refractivity contribution in [2.24, 2.45) is 10.9 Å². The second-order valence-electron chi connectivity index (χ2n) is 6.20. The summed E-state index contributed by atoms with van der Waals surface area (Å²) in [4.78, 5) is 6.94. The third-order valence-electron chi connectivity index (χ3n) is 4.67. The lowest BCUT2D eigenvalue weighted by molar-refractivity contribution is 0.215. The number of hydrogen-bond acceptors (Lipinski definition) is 1. The van der Waals surface area contributed by atoms with Gasteiger partial charge in [0, 0.05) is 26.2 Å². The molecule has 0 spiro atoms. The van der Waals surface area contributed by atoms with E-state index in [2.05, 4.69) is 59.4 Å². The van der Waals surface area contributed by atoms with Gasteiger partial charge in [-0.25, -0.2) is 0 Å². The molecule has 0 bridgehead atoms. The van der Waals surface area contributed by atoms with Crippen LogP contribution in [0.15, 0.2) is 35.3 Å². The lowest BCUT2D eigenvalue weighted by atomic mass is 9.79. The van der Waals surface area contributed by atoms with Gasteiger partial charge in [-0.05, 0) is 37.2 Å². The zero-order valence-corrected chi connectivity index (χ0v) is 14.5. The van der Waals surface area contributed by atoms with Gasteiger partial charge in [0.25, 0.3) is 0 Å². The molecule has 23 heavy (non-hydrogen) atoms. The fourth-order valence-corrected chi connectivity index (χ4v) is 3.45. The van der Waals surface area contributed by atoms with Crippen LogP contribution in [0.1, 0.15) is 44.6 Å². The van der Waals surface area contributed by atoms with Gasteiger partial charge in [0.15, 0.2) is 5.96 Å². The molecule has 1 aliphatic heterocycles. The first-order chi connectivity index (χ1) is 11.3. The van der Waals surface area contributed by atoms with Crippen molar-refractivity contribution in [3.05, 3.63) is 35.9 Å². The van der Waals surface area contributed by atoms with Crippen molar-refractivity contribution in [2.45, 2.75) is 39.0 Å². The van der Waals surface area contributed by atoms with Crippen LogP contribution >= 0.6 is 0 Å². The van der Waals surface area contributed by atoms with Crippen LogP contribution < -0.4 is 5.32 Å². The number of nitrogens with zero attached hydrogens (tertiary/aromatic N) is 2. The number of likely N-dealkylation sites (tertiary alicyclic amines) is 1. The van der Waals surface area contributed by atoms with E-state index in [1.807, 2.05) is 0 Å². The molecule has 1 fully saturated rings. The third-order valence-corrected chi connectivity index (χ3v) is 4.67. The average molecular weight is 319 g/mol. The van der Waals surface area contributed by atoms with Crippen molar-refractivity contribution in [1.82, 2.24) is 10.2 Å². The molecule has 1 aromatic carbocycles. The normalized spacial score (nSPS) is 22.2. The van der Waals surface area contributed by atoms with E-state index < -0.39 is 0 Å². The molecule has 128 valence electrons. The predicted molar refractivity (Wildman–Crippen MR) is 95.7 cm³/mol. The van der Waals surface area contributed by atoms with Gasteiger partial charge in [0.2, 0.25) is 0 Å². The Morgan fingerprint density at radius 1 is 1.30 bits per heavy atom. The fourth-order valence-electron chi connectivity index (χ4n) is 3.45. The number of halogens is 1. The molecule has 1 N–H and O–H groups in total. The first kappa shape index (κ1) is 17.8. The number of hydrogen-bond donors (Lipinski definition) is 1. The standard InChI is InChI=1S/C19H30FN3/c1-3-16-15-23(19(21-4-2)22-13-8-12-20)14-11-18(16)17-9-6-5-7-10-17/h5-7,9-10,16,18H,3-4,8,11-15H2,1-2H3,(H,21,22). The maximum Gasteiger partial charge on any atom is 0.193 e. The molecular formula is C19H30FN3. The number of nitrogens with one attached hydrogen (secondary N) is 1. The van der Waals surface area contributed by atoms with Gasteiger partial charge in [0.05, 0.1) is 6.67 Å². The second kappa shape index (κ2) is 9.53. The minimum absolute atomic E-state index is 0.295. The highest BCUT2D eigenvalue weighted by molar-refractivity contribution is 5.80. The molecule has 1 heterocycles. The molecule has 3 nitrogen and oxygen atoms in total. The largest absolute Gasteiger partial charge is 0.357 e. The zero-order valence-electron chi connectivity index (χ0n) is 14.5. The summed E-state index contributed by atoms with van der Waals surface area (Å²) in [6.07, 6.45) is 2.82. The number of piperidine rings is 1. The Hall–Kier alpha value is -1.58. The second-order valence-corrected chi connectivity index (χ2v) is 6.20. The van der Waals surface area contributed by atoms with Crippen molar-refractivity contribution in [2.75, 3.05) is 32.9 Å². The van der Waals surface area contributed by atoms with Crippen molar-refractivity contribution >= 4 is 5.96 Å². The molecule has 2 rings (SSSR count). The molecule has 2 unspecified atom stereocenters. The average Bonchev–Trinajstić information content (AvgIpc) is 2.61. The first-order valence-corrected chi connectivity index (χ1v) is 8.94. The highest BCUT2D eigenvalue weighted by Crippen LogP contribution is 2.34. The summed E-state index contributed by atoms with van der Waals surface area (Å²) in [7, 11) is 0. The molecule has 0 saturated carbocycles. The summed E-state index contributed by atoms with van der Waals surface area (Å²) in [6.45, 7) is 7.51. The van der Waals surface area contributed by atoms with E-state index in [1.165, 1.54) is 12.0 Å². The number of guanidine groups is 1. The van der Waals surface area contributed by atoms with Gasteiger partial charge in [0.1, 0.15) is 0 Å². The van der Waals surface area contributed by atoms with Crippen molar-refractivity contribution in [3.8, 4) is 0 Å². The molecule has 0 amide bonds. The summed E-state index contributed by atoms with van der Waals surface area (Å²) < 4.78 is 12.3. The Labute approximate surface area is 140 Å². The van der Waals surface area contributed by atoms with E-state index in [0.29, 0.717) is 24.8 Å². The summed E-state index contributed by atoms with van der Waals surface area (Å²) in [5.41, 5.74) is 1.46. The fraction of sp³-hybridized carbons (Fsp3) is 0.632. The Morgan fingerprint density at radius 3 is 2.74 bits per heavy atom. The maximum absolute atomic E-state index is 12.3. The molecular weight excluding hydrogens is 289 g/mol. The Morgan fingerprint density at radius 2 is 2.09 bits per heavy atom. The van der Waals surface area contributed by atoms with Crippen LogP contribution in [0, 0.1) is 5.92 Å². The van der Waals surface area contributed by atoms with Crippen molar-refractivity contribution < 1.29 is 4.39 Å². The summed E-state index contributed by atoms with van der Waals surface area (Å²) in [6, 6.07) is 10.9. The number of benzene rings is 1. The summed E-state index contributed by atoms with van der Waals surface area (Å²) in [5, 5.41) is 3.36. The molecule has 1 saturated heterocycles. The SMILES string of the molecule is CCNC(=NCCCF)N1CCC(c2ccccc2)C(CC)C1. The van der Waals surface area contributed by atoms with Gasteiger partial charge in [-0.15, -0.1) is 0 Å². The van der Waals surface area contributed by atoms with Crippen molar-refractivity contribution in [1.29, 1.82) is 0 Å². The lowest BCUT2D eigenvalue weighted by Crippen LogP contribution is -2.48.